The van der Waals surface area contributed by atoms with Crippen molar-refractivity contribution >= 4 is 34.8 Å². The van der Waals surface area contributed by atoms with Gasteiger partial charge in [0.1, 0.15) is 11.5 Å². The van der Waals surface area contributed by atoms with E-state index in [9.17, 15) is 9.59 Å². The first-order chi connectivity index (χ1) is 12.6. The van der Waals surface area contributed by atoms with Gasteiger partial charge in [0.2, 0.25) is 0 Å². The Hall–Kier alpha value is -3.06. The number of hydrogen-bond donors (Lipinski definition) is 1. The molecule has 1 fully saturated rings. The fourth-order valence-corrected chi connectivity index (χ4v) is 3.11. The summed E-state index contributed by atoms with van der Waals surface area (Å²) in [4.78, 5) is 28.7. The molecule has 0 spiro atoms. The van der Waals surface area contributed by atoms with Gasteiger partial charge in [-0.3, -0.25) is 9.59 Å². The van der Waals surface area contributed by atoms with Crippen molar-refractivity contribution in [2.45, 2.75) is 0 Å². The average Bonchev–Trinajstić information content (AvgIpc) is 3.01. The molecule has 0 saturated carbocycles. The molecular formula is C19H16N2O4S. The maximum absolute atomic E-state index is 12.2. The molecule has 1 saturated heterocycles. The van der Waals surface area contributed by atoms with Crippen LogP contribution < -0.4 is 14.8 Å². The lowest BCUT2D eigenvalue weighted by molar-refractivity contribution is -0.115. The van der Waals surface area contributed by atoms with E-state index in [0.717, 1.165) is 17.3 Å². The van der Waals surface area contributed by atoms with Gasteiger partial charge in [-0.15, -0.1) is 0 Å². The Kier molecular flexibility index (Phi) is 5.38. The quantitative estimate of drug-likeness (QED) is 0.839. The van der Waals surface area contributed by atoms with E-state index in [1.54, 1.807) is 62.8 Å². The van der Waals surface area contributed by atoms with Crippen LogP contribution in [-0.4, -0.2) is 31.2 Å². The molecule has 0 bridgehead atoms. The smallest absolute Gasteiger partial charge is 0.279 e. The highest BCUT2D eigenvalue weighted by molar-refractivity contribution is 8.18. The summed E-state index contributed by atoms with van der Waals surface area (Å²) in [6.45, 7) is 0. The van der Waals surface area contributed by atoms with E-state index >= 15 is 0 Å². The lowest BCUT2D eigenvalue weighted by Crippen LogP contribution is -2.20. The summed E-state index contributed by atoms with van der Waals surface area (Å²) >= 11 is 1.11. The second-order valence-corrected chi connectivity index (χ2v) is 6.29. The van der Waals surface area contributed by atoms with Crippen LogP contribution in [0.25, 0.3) is 6.08 Å². The molecule has 26 heavy (non-hydrogen) atoms. The molecule has 0 radical (unpaired) electrons. The monoisotopic (exact) mass is 368 g/mol. The number of thioether (sulfide) groups is 1. The maximum Gasteiger partial charge on any atom is 0.279 e. The highest BCUT2D eigenvalue weighted by Crippen LogP contribution is 2.31. The van der Waals surface area contributed by atoms with Crippen molar-refractivity contribution in [1.29, 1.82) is 0 Å². The Labute approximate surface area is 154 Å². The first kappa shape index (κ1) is 17.8. The molecule has 0 aliphatic carbocycles. The molecule has 0 unspecified atom stereocenters. The normalized spacial score (nSPS) is 16.6. The molecule has 7 heteroatoms. The molecule has 2 amide bonds. The van der Waals surface area contributed by atoms with Crippen LogP contribution in [0, 0.1) is 0 Å². The number of ether oxygens (including phenoxy) is 2. The first-order valence-electron chi connectivity index (χ1n) is 7.71. The van der Waals surface area contributed by atoms with E-state index in [-0.39, 0.29) is 11.1 Å². The Morgan fingerprint density at radius 3 is 2.58 bits per heavy atom. The van der Waals surface area contributed by atoms with Gasteiger partial charge in [-0.25, -0.2) is 0 Å². The van der Waals surface area contributed by atoms with Crippen LogP contribution in [0.3, 0.4) is 0 Å². The molecule has 2 aromatic rings. The molecule has 0 atom stereocenters. The largest absolute Gasteiger partial charge is 0.497 e. The third-order valence-corrected chi connectivity index (χ3v) is 4.51. The minimum absolute atomic E-state index is 0.252. The van der Waals surface area contributed by atoms with Gasteiger partial charge in [-0.1, -0.05) is 18.2 Å². The van der Waals surface area contributed by atoms with Crippen molar-refractivity contribution < 1.29 is 19.1 Å². The molecule has 0 aromatic heterocycles. The number of benzene rings is 2. The van der Waals surface area contributed by atoms with E-state index in [4.69, 9.17) is 9.47 Å². The minimum atomic E-state index is -0.406. The topological polar surface area (TPSA) is 77.0 Å². The average molecular weight is 368 g/mol. The Morgan fingerprint density at radius 2 is 1.88 bits per heavy atom. The number of methoxy groups -OCH3 is 2. The summed E-state index contributed by atoms with van der Waals surface area (Å²) in [6, 6.07) is 14.0. The highest BCUT2D eigenvalue weighted by Gasteiger charge is 2.25. The number of carbonyl (C=O) groups is 2. The molecule has 1 aliphatic heterocycles. The number of rotatable bonds is 4. The zero-order valence-corrected chi connectivity index (χ0v) is 15.0. The van der Waals surface area contributed by atoms with Gasteiger partial charge in [0.25, 0.3) is 11.8 Å². The van der Waals surface area contributed by atoms with Crippen LogP contribution >= 0.6 is 11.8 Å². The van der Waals surface area contributed by atoms with Crippen molar-refractivity contribution in [2.24, 2.45) is 4.99 Å². The van der Waals surface area contributed by atoms with E-state index in [2.05, 4.69) is 10.3 Å². The third-order valence-electron chi connectivity index (χ3n) is 3.60. The SMILES string of the molecule is COc1ccc(/C=C2\SC(=NC(=O)c3ccccc3)NC2=O)c(OC)c1. The van der Waals surface area contributed by atoms with E-state index in [0.29, 0.717) is 22.0 Å². The summed E-state index contributed by atoms with van der Waals surface area (Å²) in [7, 11) is 3.11. The fourth-order valence-electron chi connectivity index (χ4n) is 2.30. The Bertz CT molecular complexity index is 907. The second kappa shape index (κ2) is 7.88. The molecule has 6 nitrogen and oxygen atoms in total. The van der Waals surface area contributed by atoms with Crippen LogP contribution in [0.1, 0.15) is 15.9 Å². The summed E-state index contributed by atoms with van der Waals surface area (Å²) in [5.41, 5.74) is 1.19. The number of carbonyl (C=O) groups excluding carboxylic acids is 2. The van der Waals surface area contributed by atoms with Crippen molar-refractivity contribution in [3.63, 3.8) is 0 Å². The zero-order chi connectivity index (χ0) is 18.5. The number of amides is 2. The molecule has 132 valence electrons. The molecule has 1 N–H and O–H groups in total. The van der Waals surface area contributed by atoms with Gasteiger partial charge >= 0.3 is 0 Å². The van der Waals surface area contributed by atoms with Gasteiger partial charge < -0.3 is 14.8 Å². The van der Waals surface area contributed by atoms with Crippen LogP contribution in [0.4, 0.5) is 0 Å². The van der Waals surface area contributed by atoms with Crippen molar-refractivity contribution in [1.82, 2.24) is 5.32 Å². The molecule has 1 aliphatic rings. The molecule has 1 heterocycles. The van der Waals surface area contributed by atoms with Crippen molar-refractivity contribution in [3.05, 3.63) is 64.6 Å². The lowest BCUT2D eigenvalue weighted by atomic mass is 10.1. The van der Waals surface area contributed by atoms with Crippen molar-refractivity contribution in [3.8, 4) is 11.5 Å². The fraction of sp³-hybridized carbons (Fsp3) is 0.105. The van der Waals surface area contributed by atoms with E-state index in [1.807, 2.05) is 6.07 Å². The molecule has 3 rings (SSSR count). The summed E-state index contributed by atoms with van der Waals surface area (Å²) in [5.74, 6) is 0.517. The Balaban J connectivity index is 1.83. The third kappa shape index (κ3) is 3.94. The standard InChI is InChI=1S/C19H16N2O4S/c1-24-14-9-8-13(15(11-14)25-2)10-16-18(23)21-19(26-16)20-17(22)12-6-4-3-5-7-12/h3-11H,1-2H3,(H,20,21,22,23)/b16-10-. The van der Waals surface area contributed by atoms with Crippen LogP contribution in [0.15, 0.2) is 58.4 Å². The Morgan fingerprint density at radius 1 is 1.12 bits per heavy atom. The lowest BCUT2D eigenvalue weighted by Gasteiger charge is -2.07. The van der Waals surface area contributed by atoms with Crippen molar-refractivity contribution in [2.75, 3.05) is 14.2 Å². The maximum atomic E-state index is 12.2. The molecular weight excluding hydrogens is 352 g/mol. The second-order valence-electron chi connectivity index (χ2n) is 5.26. The van der Waals surface area contributed by atoms with E-state index < -0.39 is 5.91 Å². The van der Waals surface area contributed by atoms with Crippen LogP contribution in [0.2, 0.25) is 0 Å². The number of amidine groups is 1. The summed E-state index contributed by atoms with van der Waals surface area (Å²) in [5, 5.41) is 2.86. The van der Waals surface area contributed by atoms with Gasteiger partial charge in [0.15, 0.2) is 5.17 Å². The van der Waals surface area contributed by atoms with Gasteiger partial charge in [-0.2, -0.15) is 4.99 Å². The highest BCUT2D eigenvalue weighted by atomic mass is 32.2. The van der Waals surface area contributed by atoms with Gasteiger partial charge in [0, 0.05) is 17.2 Å². The number of nitrogens with zero attached hydrogens (tertiary/aromatic N) is 1. The van der Waals surface area contributed by atoms with Gasteiger partial charge in [0.05, 0.1) is 19.1 Å². The summed E-state index contributed by atoms with van der Waals surface area (Å²) in [6.07, 6.45) is 1.69. The predicted molar refractivity (Wildman–Crippen MR) is 101 cm³/mol. The van der Waals surface area contributed by atoms with Gasteiger partial charge in [-0.05, 0) is 42.1 Å². The minimum Gasteiger partial charge on any atom is -0.497 e. The zero-order valence-electron chi connectivity index (χ0n) is 14.2. The first-order valence-corrected chi connectivity index (χ1v) is 8.53. The number of hydrogen-bond acceptors (Lipinski definition) is 5. The van der Waals surface area contributed by atoms with Crippen LogP contribution in [0.5, 0.6) is 11.5 Å². The van der Waals surface area contributed by atoms with Crippen LogP contribution in [-0.2, 0) is 4.79 Å². The summed E-state index contributed by atoms with van der Waals surface area (Å²) < 4.78 is 10.5. The number of aliphatic imine (C=N–C) groups is 1. The van der Waals surface area contributed by atoms with E-state index in [1.165, 1.54) is 0 Å². The number of nitrogens with one attached hydrogen (secondary N) is 1. The predicted octanol–water partition coefficient (Wildman–Crippen LogP) is 3.10. The molecule has 2 aromatic carbocycles.